The van der Waals surface area contributed by atoms with E-state index in [9.17, 15) is 22.8 Å². The number of halogens is 3. The van der Waals surface area contributed by atoms with Gasteiger partial charge in [0, 0.05) is 19.4 Å². The van der Waals surface area contributed by atoms with Crippen molar-refractivity contribution in [2.45, 2.75) is 6.18 Å². The van der Waals surface area contributed by atoms with Gasteiger partial charge in [-0.25, -0.2) is 19.4 Å². The molecule has 0 atom stereocenters. The molecule has 0 aromatic carbocycles. The predicted molar refractivity (Wildman–Crippen MR) is 89.4 cm³/mol. The molecule has 3 rings (SSSR count). The Morgan fingerprint density at radius 1 is 1.14 bits per heavy atom. The van der Waals surface area contributed by atoms with Crippen molar-refractivity contribution in [3.8, 4) is 17.3 Å². The molecule has 0 unspecified atom stereocenters. The molecule has 0 aliphatic rings. The smallest absolute Gasteiger partial charge is 0.389 e. The molecular formula is C15H11F3N8O3. The number of pyridine rings is 1. The van der Waals surface area contributed by atoms with E-state index in [-0.39, 0.29) is 28.5 Å². The van der Waals surface area contributed by atoms with Gasteiger partial charge >= 0.3 is 12.3 Å². The van der Waals surface area contributed by atoms with Crippen LogP contribution in [0.2, 0.25) is 0 Å². The van der Waals surface area contributed by atoms with Crippen LogP contribution in [-0.2, 0) is 13.2 Å². The summed E-state index contributed by atoms with van der Waals surface area (Å²) < 4.78 is 43.4. The van der Waals surface area contributed by atoms with Gasteiger partial charge in [-0.2, -0.15) is 13.2 Å². The highest BCUT2D eigenvalue weighted by Crippen LogP contribution is 2.27. The number of nitrogens with zero attached hydrogens (tertiary/aromatic N) is 6. The van der Waals surface area contributed by atoms with E-state index < -0.39 is 24.0 Å². The maximum Gasteiger partial charge on any atom is 0.451 e. The number of primary amides is 1. The van der Waals surface area contributed by atoms with Gasteiger partial charge in [0.15, 0.2) is 5.69 Å². The summed E-state index contributed by atoms with van der Waals surface area (Å²) in [6, 6.07) is 2.91. The summed E-state index contributed by atoms with van der Waals surface area (Å²) in [7, 11) is 1.48. The van der Waals surface area contributed by atoms with Crippen molar-refractivity contribution in [3.63, 3.8) is 0 Å². The Labute approximate surface area is 159 Å². The summed E-state index contributed by atoms with van der Waals surface area (Å²) in [5, 5.41) is 9.98. The fraction of sp³-hybridized carbons (Fsp3) is 0.133. The van der Waals surface area contributed by atoms with Crippen LogP contribution < -0.4 is 15.8 Å². The second kappa shape index (κ2) is 7.49. The summed E-state index contributed by atoms with van der Waals surface area (Å²) in [6.45, 7) is 0. The second-order valence-corrected chi connectivity index (χ2v) is 5.47. The van der Waals surface area contributed by atoms with E-state index in [4.69, 9.17) is 10.5 Å². The van der Waals surface area contributed by atoms with Gasteiger partial charge in [-0.3, -0.25) is 9.78 Å². The molecule has 3 aromatic rings. The molecule has 0 saturated carbocycles. The molecule has 0 radical (unpaired) electrons. The Bertz CT molecular complexity index is 1050. The van der Waals surface area contributed by atoms with Crippen LogP contribution in [0.3, 0.4) is 0 Å². The van der Waals surface area contributed by atoms with Gasteiger partial charge in [0.05, 0.1) is 23.1 Å². The number of ether oxygens (including phenoxy) is 1. The molecule has 3 N–H and O–H groups in total. The second-order valence-electron chi connectivity index (χ2n) is 5.47. The molecule has 0 aliphatic heterocycles. The Hall–Kier alpha value is -4.10. The first-order valence-electron chi connectivity index (χ1n) is 7.69. The van der Waals surface area contributed by atoms with Gasteiger partial charge in [0.1, 0.15) is 0 Å². The number of nitrogens with one attached hydrogen (secondary N) is 1. The molecule has 0 saturated heterocycles. The topological polar surface area (TPSA) is 151 Å². The number of hydrogen-bond acceptors (Lipinski definition) is 8. The third-order valence-electron chi connectivity index (χ3n) is 3.40. The van der Waals surface area contributed by atoms with Crippen LogP contribution >= 0.6 is 0 Å². The largest absolute Gasteiger partial charge is 0.451 e. The number of anilines is 1. The number of carbonyl (C=O) groups excluding carboxylic acids is 2. The average Bonchev–Trinajstić information content (AvgIpc) is 3.02. The lowest BCUT2D eigenvalue weighted by Gasteiger charge is -2.07. The predicted octanol–water partition coefficient (Wildman–Crippen LogP) is 1.40. The van der Waals surface area contributed by atoms with Crippen molar-refractivity contribution in [2.75, 3.05) is 5.32 Å². The van der Waals surface area contributed by atoms with Crippen molar-refractivity contribution in [1.29, 1.82) is 0 Å². The van der Waals surface area contributed by atoms with E-state index >= 15 is 0 Å². The number of nitrogens with two attached hydrogens (primary N) is 1. The van der Waals surface area contributed by atoms with Gasteiger partial charge < -0.3 is 15.8 Å². The van der Waals surface area contributed by atoms with E-state index in [2.05, 4.69) is 30.6 Å². The third-order valence-corrected chi connectivity index (χ3v) is 3.40. The zero-order valence-corrected chi connectivity index (χ0v) is 14.5. The SMILES string of the molecule is Cn1nnc(-c2ccc(NC(=O)c3cnc(C(F)(F)F)nc3)cn2)c1OC(N)=O. The van der Waals surface area contributed by atoms with Crippen LogP contribution in [-0.4, -0.2) is 41.9 Å². The molecular weight excluding hydrogens is 397 g/mol. The van der Waals surface area contributed by atoms with E-state index in [1.54, 1.807) is 0 Å². The van der Waals surface area contributed by atoms with Crippen LogP contribution in [0.5, 0.6) is 5.88 Å². The lowest BCUT2D eigenvalue weighted by atomic mass is 10.2. The summed E-state index contributed by atoms with van der Waals surface area (Å²) in [5.74, 6) is -2.10. The minimum atomic E-state index is -4.70. The van der Waals surface area contributed by atoms with Gasteiger partial charge in [0.25, 0.3) is 11.8 Å². The number of carbonyl (C=O) groups is 2. The highest BCUT2D eigenvalue weighted by atomic mass is 19.4. The maximum absolute atomic E-state index is 12.5. The number of hydrogen-bond donors (Lipinski definition) is 2. The number of amides is 2. The molecule has 0 spiro atoms. The Balaban J connectivity index is 1.74. The van der Waals surface area contributed by atoms with Crippen LogP contribution in [0.15, 0.2) is 30.7 Å². The van der Waals surface area contributed by atoms with Crippen LogP contribution in [0.1, 0.15) is 16.2 Å². The van der Waals surface area contributed by atoms with Gasteiger partial charge in [-0.15, -0.1) is 5.10 Å². The molecule has 3 aromatic heterocycles. The normalized spacial score (nSPS) is 11.2. The monoisotopic (exact) mass is 408 g/mol. The molecule has 29 heavy (non-hydrogen) atoms. The first-order chi connectivity index (χ1) is 13.6. The van der Waals surface area contributed by atoms with Crippen molar-refractivity contribution in [3.05, 3.63) is 42.1 Å². The molecule has 11 nitrogen and oxygen atoms in total. The third kappa shape index (κ3) is 4.42. The Morgan fingerprint density at radius 3 is 2.38 bits per heavy atom. The van der Waals surface area contributed by atoms with E-state index in [1.807, 2.05) is 0 Å². The zero-order valence-electron chi connectivity index (χ0n) is 14.5. The summed E-state index contributed by atoms with van der Waals surface area (Å²) in [6.07, 6.45) is -2.97. The quantitative estimate of drug-likeness (QED) is 0.657. The Morgan fingerprint density at radius 2 is 1.83 bits per heavy atom. The lowest BCUT2D eigenvalue weighted by Crippen LogP contribution is -2.18. The molecule has 3 heterocycles. The van der Waals surface area contributed by atoms with Crippen LogP contribution in [0.25, 0.3) is 11.4 Å². The molecule has 0 fully saturated rings. The first kappa shape index (κ1) is 19.7. The minimum Gasteiger partial charge on any atom is -0.389 e. The van der Waals surface area contributed by atoms with Crippen LogP contribution in [0.4, 0.5) is 23.7 Å². The average molecular weight is 408 g/mol. The van der Waals surface area contributed by atoms with Crippen molar-refractivity contribution >= 4 is 17.7 Å². The number of alkyl halides is 3. The van der Waals surface area contributed by atoms with Crippen molar-refractivity contribution in [1.82, 2.24) is 29.9 Å². The number of rotatable bonds is 4. The van der Waals surface area contributed by atoms with E-state index in [1.165, 1.54) is 30.1 Å². The first-order valence-corrected chi connectivity index (χ1v) is 7.69. The van der Waals surface area contributed by atoms with Crippen LogP contribution in [0, 0.1) is 0 Å². The van der Waals surface area contributed by atoms with E-state index in [0.29, 0.717) is 0 Å². The maximum atomic E-state index is 12.5. The molecule has 0 aliphatic carbocycles. The van der Waals surface area contributed by atoms with E-state index in [0.717, 1.165) is 12.4 Å². The standard InChI is InChI=1S/C15H11F3N8O3/c1-26-12(29-14(19)28)10(24-25-26)9-3-2-8(6-20-9)23-11(27)7-4-21-13(22-5-7)15(16,17)18/h2-6H,1H3,(H2,19,28)(H,23,27). The Kier molecular flexibility index (Phi) is 5.08. The fourth-order valence-electron chi connectivity index (χ4n) is 2.12. The fourth-order valence-corrected chi connectivity index (χ4v) is 2.12. The molecule has 0 bridgehead atoms. The summed E-state index contributed by atoms with van der Waals surface area (Å²) in [4.78, 5) is 33.4. The van der Waals surface area contributed by atoms with Gasteiger partial charge in [-0.05, 0) is 12.1 Å². The van der Waals surface area contributed by atoms with Crippen molar-refractivity contribution < 1.29 is 27.5 Å². The number of aryl methyl sites for hydroxylation is 1. The molecule has 150 valence electrons. The summed E-state index contributed by atoms with van der Waals surface area (Å²) in [5.41, 5.74) is 5.47. The lowest BCUT2D eigenvalue weighted by molar-refractivity contribution is -0.145. The highest BCUT2D eigenvalue weighted by Gasteiger charge is 2.34. The molecule has 2 amide bonds. The minimum absolute atomic E-state index is 0.0244. The van der Waals surface area contributed by atoms with Crippen molar-refractivity contribution in [2.24, 2.45) is 12.8 Å². The van der Waals surface area contributed by atoms with Gasteiger partial charge in [0.2, 0.25) is 5.82 Å². The highest BCUT2D eigenvalue weighted by molar-refractivity contribution is 6.03. The zero-order chi connectivity index (χ0) is 21.2. The summed E-state index contributed by atoms with van der Waals surface area (Å²) >= 11 is 0. The molecule has 14 heteroatoms. The number of aromatic nitrogens is 6. The van der Waals surface area contributed by atoms with Gasteiger partial charge in [-0.1, -0.05) is 5.21 Å².